The number of aromatic nitrogens is 2. The van der Waals surface area contributed by atoms with Crippen molar-refractivity contribution in [1.82, 2.24) is 10.2 Å². The van der Waals surface area contributed by atoms with E-state index < -0.39 is 12.5 Å². The van der Waals surface area contributed by atoms with Crippen molar-refractivity contribution in [3.8, 4) is 5.75 Å². The van der Waals surface area contributed by atoms with Crippen molar-refractivity contribution in [2.75, 3.05) is 5.32 Å². The number of aromatic amines is 1. The highest BCUT2D eigenvalue weighted by Crippen LogP contribution is 2.37. The van der Waals surface area contributed by atoms with Gasteiger partial charge in [0.2, 0.25) is 0 Å². The van der Waals surface area contributed by atoms with Crippen LogP contribution in [0.25, 0.3) is 0 Å². The van der Waals surface area contributed by atoms with E-state index in [0.29, 0.717) is 5.92 Å². The first-order chi connectivity index (χ1) is 14.6. The standard InChI is InChI=1S/C22H28F2N4O3/c1-22(2,3)14-6-8-15(9-7-14)26-20(30)18-17(12-25-28-18)27-19(29)13-4-10-16(11-5-13)31-21(23)24/h4-5,10-12,14-15,21H,6-9H2,1-3H3,(H,25,28)(H,26,30)(H,27,29)/p+1. The predicted octanol–water partition coefficient (Wildman–Crippen LogP) is 3.57. The Hall–Kier alpha value is -2.81. The first kappa shape index (κ1) is 22.9. The Labute approximate surface area is 179 Å². The third-order valence-electron chi connectivity index (χ3n) is 5.86. The second kappa shape index (κ2) is 9.55. The number of rotatable bonds is 6. The van der Waals surface area contributed by atoms with Crippen LogP contribution in [-0.2, 0) is 0 Å². The SMILES string of the molecule is CC(C)(C)C1CCC([NH2+]C(=O)c2[nH]ncc2NC(=O)c2ccc(OC(F)F)cc2)CC1. The molecule has 0 saturated heterocycles. The summed E-state index contributed by atoms with van der Waals surface area (Å²) < 4.78 is 28.8. The molecule has 1 aromatic carbocycles. The topological polar surface area (TPSA) is 101 Å². The minimum atomic E-state index is -2.93. The molecular formula is C22H29F2N4O3+. The summed E-state index contributed by atoms with van der Waals surface area (Å²) in [5.74, 6) is -0.0642. The molecule has 31 heavy (non-hydrogen) atoms. The molecule has 1 heterocycles. The second-order valence-corrected chi connectivity index (χ2v) is 9.02. The van der Waals surface area contributed by atoms with Crippen molar-refractivity contribution in [2.24, 2.45) is 11.3 Å². The van der Waals surface area contributed by atoms with Gasteiger partial charge in [-0.2, -0.15) is 13.9 Å². The summed E-state index contributed by atoms with van der Waals surface area (Å²) >= 11 is 0. The summed E-state index contributed by atoms with van der Waals surface area (Å²) in [6.07, 6.45) is 5.50. The molecule has 1 saturated carbocycles. The normalized spacial score (nSPS) is 19.3. The quantitative estimate of drug-likeness (QED) is 0.646. The number of ether oxygens (including phenoxy) is 1. The zero-order valence-corrected chi connectivity index (χ0v) is 18.0. The smallest absolute Gasteiger partial charge is 0.387 e. The molecule has 9 heteroatoms. The van der Waals surface area contributed by atoms with Crippen molar-refractivity contribution in [3.63, 3.8) is 0 Å². The lowest BCUT2D eigenvalue weighted by Crippen LogP contribution is -2.93. The van der Waals surface area contributed by atoms with E-state index in [1.807, 2.05) is 0 Å². The van der Waals surface area contributed by atoms with Gasteiger partial charge in [0.25, 0.3) is 5.91 Å². The van der Waals surface area contributed by atoms with Gasteiger partial charge < -0.3 is 10.1 Å². The summed E-state index contributed by atoms with van der Waals surface area (Å²) in [5.41, 5.74) is 1.02. The fourth-order valence-corrected chi connectivity index (χ4v) is 4.00. The number of hydrogen-bond acceptors (Lipinski definition) is 4. The molecule has 0 atom stereocenters. The Bertz CT molecular complexity index is 898. The summed E-state index contributed by atoms with van der Waals surface area (Å²) in [5, 5.41) is 10.9. The van der Waals surface area contributed by atoms with E-state index in [0.717, 1.165) is 25.7 Å². The summed E-state index contributed by atoms with van der Waals surface area (Å²) in [4.78, 5) is 25.3. The second-order valence-electron chi connectivity index (χ2n) is 9.02. The molecule has 1 aliphatic carbocycles. The molecule has 3 rings (SSSR count). The maximum Gasteiger partial charge on any atom is 0.387 e. The number of primary amides is 1. The summed E-state index contributed by atoms with van der Waals surface area (Å²) in [7, 11) is 0. The van der Waals surface area contributed by atoms with Crippen LogP contribution in [0.1, 0.15) is 67.3 Å². The summed E-state index contributed by atoms with van der Waals surface area (Å²) in [6.45, 7) is 3.84. The number of quaternary nitrogens is 1. The van der Waals surface area contributed by atoms with Crippen LogP contribution in [0.4, 0.5) is 14.5 Å². The molecule has 2 aromatic rings. The minimum absolute atomic E-state index is 0.0403. The van der Waals surface area contributed by atoms with Gasteiger partial charge in [-0.3, -0.25) is 15.2 Å². The number of carbonyl (C=O) groups excluding carboxylic acids is 2. The van der Waals surface area contributed by atoms with Crippen molar-refractivity contribution in [1.29, 1.82) is 0 Å². The monoisotopic (exact) mass is 435 g/mol. The van der Waals surface area contributed by atoms with E-state index in [1.54, 1.807) is 5.32 Å². The highest BCUT2D eigenvalue weighted by Gasteiger charge is 2.33. The van der Waals surface area contributed by atoms with Gasteiger partial charge in [0.15, 0.2) is 5.69 Å². The summed E-state index contributed by atoms with van der Waals surface area (Å²) in [6, 6.07) is 5.51. The first-order valence-electron chi connectivity index (χ1n) is 10.4. The maximum absolute atomic E-state index is 12.8. The lowest BCUT2D eigenvalue weighted by Gasteiger charge is -2.35. The average molecular weight is 435 g/mol. The predicted molar refractivity (Wildman–Crippen MR) is 111 cm³/mol. The highest BCUT2D eigenvalue weighted by molar-refractivity contribution is 6.07. The zero-order chi connectivity index (χ0) is 22.6. The van der Waals surface area contributed by atoms with Gasteiger partial charge in [0.1, 0.15) is 5.75 Å². The van der Waals surface area contributed by atoms with Crippen molar-refractivity contribution in [3.05, 3.63) is 41.7 Å². The van der Waals surface area contributed by atoms with Gasteiger partial charge >= 0.3 is 12.5 Å². The Morgan fingerprint density at radius 1 is 1.16 bits per heavy atom. The van der Waals surface area contributed by atoms with Crippen LogP contribution in [0.5, 0.6) is 5.75 Å². The van der Waals surface area contributed by atoms with Crippen molar-refractivity contribution >= 4 is 17.5 Å². The van der Waals surface area contributed by atoms with E-state index in [2.05, 4.69) is 41.0 Å². The number of amides is 2. The fourth-order valence-electron chi connectivity index (χ4n) is 4.00. The van der Waals surface area contributed by atoms with Crippen molar-refractivity contribution in [2.45, 2.75) is 59.1 Å². The molecule has 0 spiro atoms. The molecule has 1 aliphatic rings. The molecule has 7 nitrogen and oxygen atoms in total. The number of hydrogen-bond donors (Lipinski definition) is 3. The molecule has 0 bridgehead atoms. The number of nitrogens with one attached hydrogen (secondary N) is 2. The molecule has 0 aliphatic heterocycles. The molecule has 4 N–H and O–H groups in total. The minimum Gasteiger partial charge on any atom is -0.435 e. The van der Waals surface area contributed by atoms with Gasteiger partial charge in [0.05, 0.1) is 17.9 Å². The first-order valence-corrected chi connectivity index (χ1v) is 10.4. The molecular weight excluding hydrogens is 406 g/mol. The van der Waals surface area contributed by atoms with Crippen LogP contribution in [0.3, 0.4) is 0 Å². The zero-order valence-electron chi connectivity index (χ0n) is 18.0. The number of alkyl halides is 2. The molecule has 0 radical (unpaired) electrons. The molecule has 2 amide bonds. The molecule has 1 fully saturated rings. The largest absolute Gasteiger partial charge is 0.435 e. The number of H-pyrrole nitrogens is 1. The van der Waals surface area contributed by atoms with E-state index in [4.69, 9.17) is 0 Å². The third-order valence-corrected chi connectivity index (χ3v) is 5.86. The van der Waals surface area contributed by atoms with Crippen LogP contribution >= 0.6 is 0 Å². The van der Waals surface area contributed by atoms with E-state index in [-0.39, 0.29) is 40.1 Å². The van der Waals surface area contributed by atoms with Gasteiger partial charge in [-0.15, -0.1) is 0 Å². The number of halogens is 2. The fraction of sp³-hybridized carbons (Fsp3) is 0.500. The Morgan fingerprint density at radius 2 is 1.81 bits per heavy atom. The number of benzene rings is 1. The highest BCUT2D eigenvalue weighted by atomic mass is 19.3. The van der Waals surface area contributed by atoms with Gasteiger partial charge in [-0.25, -0.2) is 4.79 Å². The van der Waals surface area contributed by atoms with Crippen LogP contribution in [0.2, 0.25) is 0 Å². The Balaban J connectivity index is 1.58. The van der Waals surface area contributed by atoms with Crippen LogP contribution in [-0.4, -0.2) is 34.7 Å². The average Bonchev–Trinajstić information content (AvgIpc) is 3.16. The third kappa shape index (κ3) is 6.10. The Kier molecular flexibility index (Phi) is 7.04. The molecule has 168 valence electrons. The van der Waals surface area contributed by atoms with Gasteiger partial charge in [-0.05, 0) is 48.4 Å². The van der Waals surface area contributed by atoms with Crippen LogP contribution < -0.4 is 15.4 Å². The molecule has 1 aromatic heterocycles. The number of nitrogens with two attached hydrogens (primary N) is 1. The van der Waals surface area contributed by atoms with E-state index >= 15 is 0 Å². The number of carbonyl (C=O) groups is 2. The molecule has 0 unspecified atom stereocenters. The lowest BCUT2D eigenvalue weighted by atomic mass is 9.71. The van der Waals surface area contributed by atoms with Crippen molar-refractivity contribution < 1.29 is 28.4 Å². The van der Waals surface area contributed by atoms with E-state index in [1.165, 1.54) is 30.5 Å². The van der Waals surface area contributed by atoms with Crippen LogP contribution in [0, 0.1) is 11.3 Å². The number of nitrogens with zero attached hydrogens (tertiary/aromatic N) is 1. The number of anilines is 1. The van der Waals surface area contributed by atoms with Gasteiger partial charge in [-0.1, -0.05) is 20.8 Å². The van der Waals surface area contributed by atoms with E-state index in [9.17, 15) is 18.4 Å². The Morgan fingerprint density at radius 3 is 2.39 bits per heavy atom. The lowest BCUT2D eigenvalue weighted by molar-refractivity contribution is -0.598. The van der Waals surface area contributed by atoms with Gasteiger partial charge in [0, 0.05) is 18.4 Å². The maximum atomic E-state index is 12.8. The van der Waals surface area contributed by atoms with Crippen LogP contribution in [0.15, 0.2) is 30.5 Å².